The van der Waals surface area contributed by atoms with E-state index in [-0.39, 0.29) is 12.0 Å². The van der Waals surface area contributed by atoms with E-state index in [4.69, 9.17) is 0 Å². The minimum Gasteiger partial charge on any atom is -0.469 e. The lowest BCUT2D eigenvalue weighted by molar-refractivity contribution is -0.140. The van der Waals surface area contributed by atoms with Gasteiger partial charge in [0.2, 0.25) is 0 Å². The number of hydrogen-bond acceptors (Lipinski definition) is 4. The van der Waals surface area contributed by atoms with Crippen LogP contribution in [0.3, 0.4) is 0 Å². The lowest BCUT2D eigenvalue weighted by atomic mass is 10.1. The molecule has 1 saturated carbocycles. The second-order valence-corrected chi connectivity index (χ2v) is 6.68. The van der Waals surface area contributed by atoms with Gasteiger partial charge in [-0.1, -0.05) is 12.8 Å². The first-order chi connectivity index (χ1) is 11.2. The van der Waals surface area contributed by atoms with Crippen LogP contribution in [-0.4, -0.2) is 55.7 Å². The van der Waals surface area contributed by atoms with Crippen molar-refractivity contribution in [3.8, 4) is 0 Å². The number of amides is 2. The molecule has 1 aliphatic carbocycles. The molecule has 6 heteroatoms. The number of esters is 1. The lowest BCUT2D eigenvalue weighted by Gasteiger charge is -2.32. The van der Waals surface area contributed by atoms with Crippen molar-refractivity contribution in [3.05, 3.63) is 0 Å². The van der Waals surface area contributed by atoms with E-state index >= 15 is 0 Å². The molecule has 2 N–H and O–H groups in total. The smallest absolute Gasteiger partial charge is 0.315 e. The molecule has 1 heterocycles. The van der Waals surface area contributed by atoms with Gasteiger partial charge < -0.3 is 20.3 Å². The standard InChI is InChI=1S/C17H31N3O3/c1-23-16(21)6-4-2-3-5-11-18-17(22)19-14-9-12-20(13-10-14)15-7-8-15/h14-15H,2-13H2,1H3,(H2,18,19,22). The molecule has 0 aromatic heterocycles. The van der Waals surface area contributed by atoms with E-state index in [1.54, 1.807) is 0 Å². The molecule has 2 aliphatic rings. The Hall–Kier alpha value is -1.30. The quantitative estimate of drug-likeness (QED) is 0.503. The average molecular weight is 325 g/mol. The van der Waals surface area contributed by atoms with Crippen molar-refractivity contribution in [2.24, 2.45) is 0 Å². The van der Waals surface area contributed by atoms with Crippen LogP contribution in [-0.2, 0) is 9.53 Å². The van der Waals surface area contributed by atoms with Crippen LogP contribution >= 0.6 is 0 Å². The Morgan fingerprint density at radius 1 is 1.04 bits per heavy atom. The number of urea groups is 1. The molecule has 0 atom stereocenters. The number of carbonyl (C=O) groups excluding carboxylic acids is 2. The zero-order chi connectivity index (χ0) is 16.5. The van der Waals surface area contributed by atoms with Crippen LogP contribution in [0.25, 0.3) is 0 Å². The van der Waals surface area contributed by atoms with E-state index in [0.29, 0.717) is 19.0 Å². The maximum atomic E-state index is 11.9. The van der Waals surface area contributed by atoms with Crippen molar-refractivity contribution in [2.45, 2.75) is 69.9 Å². The first-order valence-electron chi connectivity index (χ1n) is 9.04. The molecule has 132 valence electrons. The Kier molecular flexibility index (Phi) is 7.65. The summed E-state index contributed by atoms with van der Waals surface area (Å²) in [6.07, 6.45) is 9.18. The molecule has 0 bridgehead atoms. The van der Waals surface area contributed by atoms with Crippen LogP contribution in [0.4, 0.5) is 4.79 Å². The fourth-order valence-corrected chi connectivity index (χ4v) is 3.14. The van der Waals surface area contributed by atoms with Gasteiger partial charge in [0.15, 0.2) is 0 Å². The van der Waals surface area contributed by atoms with Gasteiger partial charge in [0.25, 0.3) is 0 Å². The van der Waals surface area contributed by atoms with Gasteiger partial charge in [-0.15, -0.1) is 0 Å². The highest BCUT2D eigenvalue weighted by Gasteiger charge is 2.31. The number of rotatable bonds is 9. The van der Waals surface area contributed by atoms with Crippen molar-refractivity contribution < 1.29 is 14.3 Å². The summed E-state index contributed by atoms with van der Waals surface area (Å²) >= 11 is 0. The predicted molar refractivity (Wildman–Crippen MR) is 89.3 cm³/mol. The number of likely N-dealkylation sites (tertiary alicyclic amines) is 1. The van der Waals surface area contributed by atoms with Crippen LogP contribution in [0, 0.1) is 0 Å². The van der Waals surface area contributed by atoms with Crippen molar-refractivity contribution in [1.82, 2.24) is 15.5 Å². The summed E-state index contributed by atoms with van der Waals surface area (Å²) in [4.78, 5) is 25.4. The SMILES string of the molecule is COC(=O)CCCCCCNC(=O)NC1CCN(C2CC2)CC1. The number of nitrogens with zero attached hydrogens (tertiary/aromatic N) is 1. The monoisotopic (exact) mass is 325 g/mol. The van der Waals surface area contributed by atoms with Crippen LogP contribution in [0.15, 0.2) is 0 Å². The number of ether oxygens (including phenoxy) is 1. The van der Waals surface area contributed by atoms with E-state index in [9.17, 15) is 9.59 Å². The van der Waals surface area contributed by atoms with Gasteiger partial charge in [-0.3, -0.25) is 4.79 Å². The van der Waals surface area contributed by atoms with E-state index in [1.165, 1.54) is 20.0 Å². The third-order valence-electron chi connectivity index (χ3n) is 4.75. The number of hydrogen-bond donors (Lipinski definition) is 2. The summed E-state index contributed by atoms with van der Waals surface area (Å²) in [5, 5.41) is 6.02. The molecule has 0 spiro atoms. The third kappa shape index (κ3) is 7.20. The van der Waals surface area contributed by atoms with Crippen molar-refractivity contribution in [1.29, 1.82) is 0 Å². The normalized spacial score (nSPS) is 19.3. The molecule has 0 aromatic carbocycles. The largest absolute Gasteiger partial charge is 0.469 e. The number of nitrogens with one attached hydrogen (secondary N) is 2. The van der Waals surface area contributed by atoms with E-state index in [0.717, 1.165) is 57.7 Å². The molecule has 6 nitrogen and oxygen atoms in total. The van der Waals surface area contributed by atoms with E-state index in [1.807, 2.05) is 0 Å². The van der Waals surface area contributed by atoms with Crippen LogP contribution in [0.5, 0.6) is 0 Å². The maximum Gasteiger partial charge on any atom is 0.315 e. The molecular weight excluding hydrogens is 294 g/mol. The predicted octanol–water partition coefficient (Wildman–Crippen LogP) is 2.04. The zero-order valence-electron chi connectivity index (χ0n) is 14.3. The molecule has 1 aliphatic heterocycles. The fourth-order valence-electron chi connectivity index (χ4n) is 3.14. The van der Waals surface area contributed by atoms with Gasteiger partial charge >= 0.3 is 12.0 Å². The summed E-state index contributed by atoms with van der Waals surface area (Å²) in [6, 6.07) is 1.12. The van der Waals surface area contributed by atoms with Crippen molar-refractivity contribution >= 4 is 12.0 Å². The Morgan fingerprint density at radius 3 is 2.39 bits per heavy atom. The summed E-state index contributed by atoms with van der Waals surface area (Å²) < 4.78 is 4.60. The lowest BCUT2D eigenvalue weighted by Crippen LogP contribution is -2.48. The minimum absolute atomic E-state index is 0.0376. The molecule has 23 heavy (non-hydrogen) atoms. The van der Waals surface area contributed by atoms with Gasteiger partial charge in [-0.25, -0.2) is 4.79 Å². The second kappa shape index (κ2) is 9.75. The van der Waals surface area contributed by atoms with Crippen LogP contribution in [0.2, 0.25) is 0 Å². The number of methoxy groups -OCH3 is 1. The minimum atomic E-state index is -0.143. The number of unbranched alkanes of at least 4 members (excludes halogenated alkanes) is 3. The zero-order valence-corrected chi connectivity index (χ0v) is 14.3. The number of carbonyl (C=O) groups is 2. The Labute approximate surface area is 139 Å². The highest BCUT2D eigenvalue weighted by atomic mass is 16.5. The third-order valence-corrected chi connectivity index (χ3v) is 4.75. The van der Waals surface area contributed by atoms with Crippen molar-refractivity contribution in [3.63, 3.8) is 0 Å². The first-order valence-corrected chi connectivity index (χ1v) is 9.04. The molecular formula is C17H31N3O3. The molecule has 0 unspecified atom stereocenters. The average Bonchev–Trinajstić information content (AvgIpc) is 3.39. The van der Waals surface area contributed by atoms with Crippen molar-refractivity contribution in [2.75, 3.05) is 26.7 Å². The molecule has 2 rings (SSSR count). The van der Waals surface area contributed by atoms with E-state index in [2.05, 4.69) is 20.3 Å². The number of piperidine rings is 1. The Morgan fingerprint density at radius 2 is 1.74 bits per heavy atom. The first kappa shape index (κ1) is 18.0. The molecule has 1 saturated heterocycles. The van der Waals surface area contributed by atoms with Gasteiger partial charge in [0.05, 0.1) is 7.11 Å². The highest BCUT2D eigenvalue weighted by Crippen LogP contribution is 2.29. The molecule has 2 amide bonds. The second-order valence-electron chi connectivity index (χ2n) is 6.68. The van der Waals surface area contributed by atoms with Crippen LogP contribution < -0.4 is 10.6 Å². The van der Waals surface area contributed by atoms with E-state index < -0.39 is 0 Å². The maximum absolute atomic E-state index is 11.9. The van der Waals surface area contributed by atoms with Crippen LogP contribution in [0.1, 0.15) is 57.8 Å². The Bertz CT molecular complexity index is 377. The molecule has 0 aromatic rings. The molecule has 2 fully saturated rings. The van der Waals surface area contributed by atoms with Gasteiger partial charge in [0, 0.05) is 38.1 Å². The van der Waals surface area contributed by atoms with Gasteiger partial charge in [-0.05, 0) is 38.5 Å². The summed E-state index contributed by atoms with van der Waals surface area (Å²) in [5.41, 5.74) is 0. The summed E-state index contributed by atoms with van der Waals surface area (Å²) in [6.45, 7) is 2.94. The summed E-state index contributed by atoms with van der Waals surface area (Å²) in [5.74, 6) is -0.143. The fraction of sp³-hybridized carbons (Fsp3) is 0.882. The summed E-state index contributed by atoms with van der Waals surface area (Å²) in [7, 11) is 1.42. The van der Waals surface area contributed by atoms with Gasteiger partial charge in [-0.2, -0.15) is 0 Å². The Balaban J connectivity index is 1.42. The topological polar surface area (TPSA) is 70.7 Å². The van der Waals surface area contributed by atoms with Gasteiger partial charge in [0.1, 0.15) is 0 Å². The highest BCUT2D eigenvalue weighted by molar-refractivity contribution is 5.74. The molecule has 0 radical (unpaired) electrons.